The number of nitro groups is 1. The number of nitro benzene ring substituents is 1. The van der Waals surface area contributed by atoms with Crippen molar-refractivity contribution in [1.82, 2.24) is 0 Å². The maximum absolute atomic E-state index is 10.5. The molecular weight excluding hydrogens is 166 g/mol. The van der Waals surface area contributed by atoms with Crippen molar-refractivity contribution in [3.63, 3.8) is 0 Å². The number of rotatable bonds is 2. The van der Waals surface area contributed by atoms with Crippen LogP contribution in [0.3, 0.4) is 0 Å². The minimum Gasteiger partial charge on any atom is -0.258 e. The number of non-ortho nitro benzene ring substituents is 1. The predicted molar refractivity (Wildman–Crippen MR) is 49.5 cm³/mol. The summed E-state index contributed by atoms with van der Waals surface area (Å²) in [5.74, 6) is 0.521. The van der Waals surface area contributed by atoms with E-state index in [9.17, 15) is 10.1 Å². The Morgan fingerprint density at radius 3 is 2.69 bits per heavy atom. The van der Waals surface area contributed by atoms with Gasteiger partial charge < -0.3 is 0 Å². The molecule has 13 heavy (non-hydrogen) atoms. The molecule has 0 atom stereocenters. The van der Waals surface area contributed by atoms with Gasteiger partial charge in [-0.2, -0.15) is 0 Å². The van der Waals surface area contributed by atoms with Crippen LogP contribution < -0.4 is 0 Å². The zero-order valence-electron chi connectivity index (χ0n) is 7.19. The number of hydrogen-bond acceptors (Lipinski definition) is 2. The Bertz CT molecular complexity index is 356. The van der Waals surface area contributed by atoms with Gasteiger partial charge in [0, 0.05) is 12.1 Å². The Hall–Kier alpha value is -1.38. The average Bonchev–Trinajstić information content (AvgIpc) is 2.87. The lowest BCUT2D eigenvalue weighted by molar-refractivity contribution is -0.384. The molecule has 1 aliphatic carbocycles. The zero-order chi connectivity index (χ0) is 9.42. The smallest absolute Gasteiger partial charge is 0.258 e. The fourth-order valence-electron chi connectivity index (χ4n) is 1.47. The molecule has 0 bridgehead atoms. The Morgan fingerprint density at radius 1 is 1.46 bits per heavy atom. The van der Waals surface area contributed by atoms with Crippen LogP contribution in [0.1, 0.15) is 29.9 Å². The fraction of sp³-hybridized carbons (Fsp3) is 0.300. The number of hydrogen-bond donors (Lipinski definition) is 0. The van der Waals surface area contributed by atoms with Gasteiger partial charge in [0.15, 0.2) is 0 Å². The van der Waals surface area contributed by atoms with Crippen molar-refractivity contribution < 1.29 is 4.92 Å². The van der Waals surface area contributed by atoms with E-state index in [-0.39, 0.29) is 10.6 Å². The van der Waals surface area contributed by atoms with Gasteiger partial charge in [-0.05, 0) is 36.8 Å². The molecule has 1 aliphatic rings. The lowest BCUT2D eigenvalue weighted by Crippen LogP contribution is -1.91. The maximum atomic E-state index is 10.5. The van der Waals surface area contributed by atoms with Crippen LogP contribution >= 0.6 is 0 Å². The fourth-order valence-corrected chi connectivity index (χ4v) is 1.47. The first-order valence-electron chi connectivity index (χ1n) is 4.29. The molecule has 3 heteroatoms. The van der Waals surface area contributed by atoms with E-state index in [0.717, 1.165) is 24.0 Å². The topological polar surface area (TPSA) is 43.1 Å². The molecule has 0 aliphatic heterocycles. The standard InChI is InChI=1S/C10H10NO2/c1-7-2-5-9(11(12)13)6-10(7)8-3-4-8/h2,5-6,8H,1,3-4H2. The molecule has 1 aromatic carbocycles. The highest BCUT2D eigenvalue weighted by atomic mass is 16.6. The molecule has 2 rings (SSSR count). The van der Waals surface area contributed by atoms with Gasteiger partial charge in [0.05, 0.1) is 4.92 Å². The second kappa shape index (κ2) is 2.83. The van der Waals surface area contributed by atoms with E-state index in [0.29, 0.717) is 5.92 Å². The van der Waals surface area contributed by atoms with Gasteiger partial charge in [-0.1, -0.05) is 6.07 Å². The van der Waals surface area contributed by atoms with E-state index in [1.165, 1.54) is 6.07 Å². The van der Waals surface area contributed by atoms with E-state index >= 15 is 0 Å². The predicted octanol–water partition coefficient (Wildman–Crippen LogP) is 2.65. The third kappa shape index (κ3) is 1.54. The molecule has 0 heterocycles. The molecule has 0 N–H and O–H groups in total. The summed E-state index contributed by atoms with van der Waals surface area (Å²) < 4.78 is 0. The van der Waals surface area contributed by atoms with Gasteiger partial charge in [-0.25, -0.2) is 0 Å². The molecule has 0 aromatic heterocycles. The minimum atomic E-state index is -0.356. The molecule has 1 radical (unpaired) electrons. The van der Waals surface area contributed by atoms with Crippen LogP contribution in [-0.2, 0) is 0 Å². The van der Waals surface area contributed by atoms with E-state index in [4.69, 9.17) is 0 Å². The van der Waals surface area contributed by atoms with Gasteiger partial charge in [0.2, 0.25) is 0 Å². The summed E-state index contributed by atoms with van der Waals surface area (Å²) >= 11 is 0. The molecule has 1 aromatic rings. The molecule has 0 unspecified atom stereocenters. The number of benzene rings is 1. The Kier molecular flexibility index (Phi) is 1.79. The largest absolute Gasteiger partial charge is 0.269 e. The third-order valence-corrected chi connectivity index (χ3v) is 2.36. The molecule has 1 saturated carbocycles. The van der Waals surface area contributed by atoms with Crippen LogP contribution in [0.4, 0.5) is 5.69 Å². The summed E-state index contributed by atoms with van der Waals surface area (Å²) in [6.45, 7) is 3.86. The quantitative estimate of drug-likeness (QED) is 0.513. The van der Waals surface area contributed by atoms with E-state index in [2.05, 4.69) is 6.92 Å². The minimum absolute atomic E-state index is 0.175. The monoisotopic (exact) mass is 176 g/mol. The highest BCUT2D eigenvalue weighted by Crippen LogP contribution is 2.42. The molecule has 0 amide bonds. The van der Waals surface area contributed by atoms with Gasteiger partial charge in [0.25, 0.3) is 5.69 Å². The Morgan fingerprint density at radius 2 is 2.15 bits per heavy atom. The SMILES string of the molecule is [CH2]c1ccc([N+](=O)[O-])cc1C1CC1. The third-order valence-electron chi connectivity index (χ3n) is 2.36. The van der Waals surface area contributed by atoms with Gasteiger partial charge >= 0.3 is 0 Å². The first kappa shape index (κ1) is 8.23. The lowest BCUT2D eigenvalue weighted by atomic mass is 10.0. The van der Waals surface area contributed by atoms with Gasteiger partial charge in [0.1, 0.15) is 0 Å². The maximum Gasteiger partial charge on any atom is 0.269 e. The summed E-state index contributed by atoms with van der Waals surface area (Å²) in [5, 5.41) is 10.5. The van der Waals surface area contributed by atoms with Crippen LogP contribution in [0, 0.1) is 17.0 Å². The summed E-state index contributed by atoms with van der Waals surface area (Å²) in [5.41, 5.74) is 2.15. The molecule has 67 valence electrons. The van der Waals surface area contributed by atoms with Crippen LogP contribution in [0.5, 0.6) is 0 Å². The molecule has 0 spiro atoms. The van der Waals surface area contributed by atoms with Crippen LogP contribution in [-0.4, -0.2) is 4.92 Å². The number of nitrogens with zero attached hydrogens (tertiary/aromatic N) is 1. The first-order chi connectivity index (χ1) is 6.18. The summed E-state index contributed by atoms with van der Waals surface area (Å²) in [6.07, 6.45) is 2.29. The van der Waals surface area contributed by atoms with Crippen molar-refractivity contribution in [3.8, 4) is 0 Å². The molecule has 0 saturated heterocycles. The van der Waals surface area contributed by atoms with Gasteiger partial charge in [-0.3, -0.25) is 10.1 Å². The second-order valence-corrected chi connectivity index (χ2v) is 3.41. The molecule has 3 nitrogen and oxygen atoms in total. The lowest BCUT2D eigenvalue weighted by Gasteiger charge is -2.02. The van der Waals surface area contributed by atoms with Crippen molar-refractivity contribution in [2.75, 3.05) is 0 Å². The highest BCUT2D eigenvalue weighted by Gasteiger charge is 2.26. The first-order valence-corrected chi connectivity index (χ1v) is 4.29. The van der Waals surface area contributed by atoms with Crippen molar-refractivity contribution >= 4 is 5.69 Å². The van der Waals surface area contributed by atoms with E-state index < -0.39 is 0 Å². The summed E-state index contributed by atoms with van der Waals surface area (Å²) in [6, 6.07) is 4.89. The molecular formula is C10H10NO2. The van der Waals surface area contributed by atoms with E-state index in [1.54, 1.807) is 12.1 Å². The second-order valence-electron chi connectivity index (χ2n) is 3.41. The Labute approximate surface area is 76.5 Å². The summed E-state index contributed by atoms with van der Waals surface area (Å²) in [4.78, 5) is 10.1. The molecule has 1 fully saturated rings. The van der Waals surface area contributed by atoms with Crippen molar-refractivity contribution in [3.05, 3.63) is 46.4 Å². The van der Waals surface area contributed by atoms with Crippen molar-refractivity contribution in [2.24, 2.45) is 0 Å². The van der Waals surface area contributed by atoms with Crippen LogP contribution in [0.15, 0.2) is 18.2 Å². The Balaban J connectivity index is 2.41. The normalized spacial score (nSPS) is 15.8. The summed E-state index contributed by atoms with van der Waals surface area (Å²) in [7, 11) is 0. The van der Waals surface area contributed by atoms with Crippen LogP contribution in [0.2, 0.25) is 0 Å². The van der Waals surface area contributed by atoms with Crippen molar-refractivity contribution in [1.29, 1.82) is 0 Å². The highest BCUT2D eigenvalue weighted by molar-refractivity contribution is 5.44. The zero-order valence-corrected chi connectivity index (χ0v) is 7.19. The van der Waals surface area contributed by atoms with E-state index in [1.807, 2.05) is 0 Å². The average molecular weight is 176 g/mol. The van der Waals surface area contributed by atoms with Gasteiger partial charge in [-0.15, -0.1) is 0 Å². The van der Waals surface area contributed by atoms with Crippen molar-refractivity contribution in [2.45, 2.75) is 18.8 Å². The van der Waals surface area contributed by atoms with Crippen LogP contribution in [0.25, 0.3) is 0 Å².